The van der Waals surface area contributed by atoms with E-state index in [1.165, 1.54) is 0 Å². The molecule has 0 saturated heterocycles. The molecule has 0 aromatic heterocycles. The van der Waals surface area contributed by atoms with Gasteiger partial charge in [-0.05, 0) is 65.2 Å². The standard InChI is InChI=1S/C23H33N3O4S/c1-9-26(21(28)17(13-31)25-22(29)30-23(6,7)8)19(20(27)24-14(2)3)18-15(4)11-10-12-16(18)5/h1,10-12,14,17,19,31H,13H2,2-8H3,(H,24,27)(H,25,29). The van der Waals surface area contributed by atoms with Gasteiger partial charge in [0.1, 0.15) is 17.7 Å². The zero-order valence-electron chi connectivity index (χ0n) is 19.3. The third-order valence-electron chi connectivity index (χ3n) is 4.30. The number of alkyl carbamates (subject to hydrolysis) is 1. The van der Waals surface area contributed by atoms with E-state index in [0.717, 1.165) is 16.0 Å². The lowest BCUT2D eigenvalue weighted by molar-refractivity contribution is -0.138. The molecule has 2 atom stereocenters. The lowest BCUT2D eigenvalue weighted by Gasteiger charge is -2.31. The third-order valence-corrected chi connectivity index (χ3v) is 4.67. The Morgan fingerprint density at radius 2 is 1.71 bits per heavy atom. The van der Waals surface area contributed by atoms with Crippen LogP contribution in [0, 0.1) is 26.3 Å². The highest BCUT2D eigenvalue weighted by Crippen LogP contribution is 2.28. The molecule has 0 aliphatic rings. The Balaban J connectivity index is 3.37. The van der Waals surface area contributed by atoms with Crippen molar-refractivity contribution < 1.29 is 19.1 Å². The normalized spacial score (nSPS) is 13.0. The van der Waals surface area contributed by atoms with E-state index >= 15 is 0 Å². The lowest BCUT2D eigenvalue weighted by Crippen LogP contribution is -2.53. The summed E-state index contributed by atoms with van der Waals surface area (Å²) in [5.74, 6) is -1.06. The lowest BCUT2D eigenvalue weighted by atomic mass is 9.94. The van der Waals surface area contributed by atoms with Crippen LogP contribution in [0.25, 0.3) is 0 Å². The van der Waals surface area contributed by atoms with Crippen LogP contribution in [0.2, 0.25) is 0 Å². The number of hydrogen-bond donors (Lipinski definition) is 3. The van der Waals surface area contributed by atoms with Crippen LogP contribution in [0.1, 0.15) is 57.4 Å². The van der Waals surface area contributed by atoms with E-state index in [9.17, 15) is 14.4 Å². The number of nitrogens with one attached hydrogen (secondary N) is 2. The molecule has 8 heteroatoms. The SMILES string of the molecule is C#CN(C(=O)C(CS)NC(=O)OC(C)(C)C)C(C(=O)NC(C)C)c1c(C)cccc1C. The molecule has 3 amide bonds. The van der Waals surface area contributed by atoms with Crippen molar-refractivity contribution in [2.24, 2.45) is 0 Å². The molecular formula is C23H33N3O4S. The number of hydrogen-bond acceptors (Lipinski definition) is 5. The Bertz CT molecular complexity index is 835. The zero-order valence-corrected chi connectivity index (χ0v) is 20.2. The monoisotopic (exact) mass is 447 g/mol. The summed E-state index contributed by atoms with van der Waals surface area (Å²) in [6.45, 7) is 12.5. The van der Waals surface area contributed by atoms with Gasteiger partial charge in [-0.2, -0.15) is 12.6 Å². The van der Waals surface area contributed by atoms with Crippen molar-refractivity contribution in [1.82, 2.24) is 15.5 Å². The molecule has 31 heavy (non-hydrogen) atoms. The quantitative estimate of drug-likeness (QED) is 0.340. The van der Waals surface area contributed by atoms with Gasteiger partial charge in [0.2, 0.25) is 5.91 Å². The molecule has 0 spiro atoms. The second-order valence-corrected chi connectivity index (χ2v) is 8.96. The number of ether oxygens (including phenoxy) is 1. The van der Waals surface area contributed by atoms with Gasteiger partial charge >= 0.3 is 6.09 Å². The molecule has 2 N–H and O–H groups in total. The summed E-state index contributed by atoms with van der Waals surface area (Å²) < 4.78 is 5.23. The molecule has 170 valence electrons. The number of carbonyl (C=O) groups is 3. The van der Waals surface area contributed by atoms with Gasteiger partial charge in [-0.3, -0.25) is 14.5 Å². The Hall–Kier alpha value is -2.66. The zero-order chi connectivity index (χ0) is 23.9. The predicted octanol–water partition coefficient (Wildman–Crippen LogP) is 3.11. The average molecular weight is 448 g/mol. The summed E-state index contributed by atoms with van der Waals surface area (Å²) in [5.41, 5.74) is 1.54. The molecule has 1 rings (SSSR count). The van der Waals surface area contributed by atoms with E-state index in [2.05, 4.69) is 29.3 Å². The first kappa shape index (κ1) is 26.4. The van der Waals surface area contributed by atoms with Crippen molar-refractivity contribution in [3.05, 3.63) is 34.9 Å². The Kier molecular flexibility index (Phi) is 9.44. The Morgan fingerprint density at radius 3 is 2.13 bits per heavy atom. The van der Waals surface area contributed by atoms with Gasteiger partial charge in [-0.1, -0.05) is 24.6 Å². The van der Waals surface area contributed by atoms with Crippen molar-refractivity contribution in [3.63, 3.8) is 0 Å². The molecule has 0 fully saturated rings. The number of carbonyl (C=O) groups excluding carboxylic acids is 3. The van der Waals surface area contributed by atoms with Gasteiger partial charge in [0.15, 0.2) is 0 Å². The smallest absolute Gasteiger partial charge is 0.408 e. The molecule has 7 nitrogen and oxygen atoms in total. The summed E-state index contributed by atoms with van der Waals surface area (Å²) in [7, 11) is 0. The highest BCUT2D eigenvalue weighted by molar-refractivity contribution is 7.80. The van der Waals surface area contributed by atoms with Crippen LogP contribution in [0.4, 0.5) is 4.79 Å². The van der Waals surface area contributed by atoms with Crippen LogP contribution in [0.5, 0.6) is 0 Å². The van der Waals surface area contributed by atoms with Crippen LogP contribution >= 0.6 is 12.6 Å². The highest BCUT2D eigenvalue weighted by Gasteiger charge is 2.37. The molecule has 1 aromatic carbocycles. The highest BCUT2D eigenvalue weighted by atomic mass is 32.1. The first-order valence-electron chi connectivity index (χ1n) is 10.1. The predicted molar refractivity (Wildman–Crippen MR) is 125 cm³/mol. The number of rotatable bonds is 7. The van der Waals surface area contributed by atoms with Crippen molar-refractivity contribution in [3.8, 4) is 12.5 Å². The topological polar surface area (TPSA) is 87.7 Å². The minimum Gasteiger partial charge on any atom is -0.444 e. The third kappa shape index (κ3) is 7.51. The summed E-state index contributed by atoms with van der Waals surface area (Å²) >= 11 is 4.19. The minimum absolute atomic E-state index is 0.0263. The minimum atomic E-state index is -1.08. The van der Waals surface area contributed by atoms with Crippen molar-refractivity contribution in [1.29, 1.82) is 0 Å². The number of thiol groups is 1. The maximum atomic E-state index is 13.3. The fraction of sp³-hybridized carbons (Fsp3) is 0.522. The summed E-state index contributed by atoms with van der Waals surface area (Å²) in [5, 5.41) is 5.33. The van der Waals surface area contributed by atoms with Gasteiger partial charge in [0.05, 0.1) is 0 Å². The average Bonchev–Trinajstić information content (AvgIpc) is 2.62. The number of benzene rings is 1. The van der Waals surface area contributed by atoms with Crippen molar-refractivity contribution >= 4 is 30.5 Å². The van der Waals surface area contributed by atoms with Gasteiger partial charge in [-0.15, -0.1) is 0 Å². The first-order valence-corrected chi connectivity index (χ1v) is 10.7. The maximum Gasteiger partial charge on any atom is 0.408 e. The van der Waals surface area contributed by atoms with Gasteiger partial charge in [-0.25, -0.2) is 4.79 Å². The fourth-order valence-electron chi connectivity index (χ4n) is 3.07. The molecule has 0 aliphatic heterocycles. The molecule has 0 radical (unpaired) electrons. The molecule has 0 saturated carbocycles. The van der Waals surface area contributed by atoms with E-state index in [-0.39, 0.29) is 11.8 Å². The molecule has 0 aliphatic carbocycles. The second kappa shape index (κ2) is 11.1. The van der Waals surface area contributed by atoms with E-state index < -0.39 is 35.6 Å². The number of amides is 3. The Morgan fingerprint density at radius 1 is 1.16 bits per heavy atom. The number of aryl methyl sites for hydroxylation is 2. The maximum absolute atomic E-state index is 13.3. The largest absolute Gasteiger partial charge is 0.444 e. The molecule has 1 aromatic rings. The van der Waals surface area contributed by atoms with E-state index in [1.807, 2.05) is 45.9 Å². The van der Waals surface area contributed by atoms with E-state index in [4.69, 9.17) is 11.2 Å². The number of terminal acetylenes is 1. The van der Waals surface area contributed by atoms with Gasteiger partial charge in [0, 0.05) is 17.8 Å². The summed E-state index contributed by atoms with van der Waals surface area (Å²) in [4.78, 5) is 39.7. The summed E-state index contributed by atoms with van der Waals surface area (Å²) in [6.07, 6.45) is 4.94. The number of nitrogens with zero attached hydrogens (tertiary/aromatic N) is 1. The van der Waals surface area contributed by atoms with Gasteiger partial charge < -0.3 is 15.4 Å². The van der Waals surface area contributed by atoms with Crippen LogP contribution in [0.3, 0.4) is 0 Å². The Labute approximate surface area is 190 Å². The van der Waals surface area contributed by atoms with Gasteiger partial charge in [0.25, 0.3) is 5.91 Å². The van der Waals surface area contributed by atoms with Crippen LogP contribution in [-0.4, -0.2) is 46.2 Å². The van der Waals surface area contributed by atoms with Crippen LogP contribution < -0.4 is 10.6 Å². The molecule has 2 unspecified atom stereocenters. The molecule has 0 bridgehead atoms. The first-order chi connectivity index (χ1) is 14.3. The van der Waals surface area contributed by atoms with E-state index in [1.54, 1.807) is 20.8 Å². The van der Waals surface area contributed by atoms with Crippen LogP contribution in [-0.2, 0) is 14.3 Å². The fourth-order valence-corrected chi connectivity index (χ4v) is 3.32. The molecular weight excluding hydrogens is 414 g/mol. The van der Waals surface area contributed by atoms with E-state index in [0.29, 0.717) is 5.56 Å². The van der Waals surface area contributed by atoms with Crippen molar-refractivity contribution in [2.45, 2.75) is 72.2 Å². The van der Waals surface area contributed by atoms with Crippen LogP contribution in [0.15, 0.2) is 18.2 Å². The second-order valence-electron chi connectivity index (χ2n) is 8.59. The molecule has 0 heterocycles. The van der Waals surface area contributed by atoms with Crippen molar-refractivity contribution in [2.75, 3.05) is 5.75 Å². The summed E-state index contributed by atoms with van der Waals surface area (Å²) in [6, 6.07) is 5.62.